The van der Waals surface area contributed by atoms with Crippen molar-refractivity contribution in [3.63, 3.8) is 0 Å². The summed E-state index contributed by atoms with van der Waals surface area (Å²) >= 11 is 0. The van der Waals surface area contributed by atoms with Gasteiger partial charge >= 0.3 is 0 Å². The highest BCUT2D eigenvalue weighted by atomic mass is 31.1. The van der Waals surface area contributed by atoms with E-state index in [0.29, 0.717) is 25.6 Å². The molecule has 128 valence electrons. The fourth-order valence-corrected chi connectivity index (χ4v) is 4.20. The number of aldehydes is 1. The maximum atomic E-state index is 11.3. The van der Waals surface area contributed by atoms with E-state index in [1.165, 1.54) is 7.11 Å². The highest BCUT2D eigenvalue weighted by Crippen LogP contribution is 2.50. The molecule has 24 heavy (non-hydrogen) atoms. The van der Waals surface area contributed by atoms with Crippen molar-refractivity contribution in [2.45, 2.75) is 25.4 Å². The number of aromatic hydroxyl groups is 1. The van der Waals surface area contributed by atoms with E-state index in [2.05, 4.69) is 13.8 Å². The molecule has 2 atom stereocenters. The zero-order chi connectivity index (χ0) is 17.7. The molecule has 2 aromatic carbocycles. The number of carbonyl (C=O) groups is 1. The molecule has 5 heteroatoms. The van der Waals surface area contributed by atoms with Gasteiger partial charge in [0, 0.05) is 22.3 Å². The van der Waals surface area contributed by atoms with Crippen molar-refractivity contribution in [2.75, 3.05) is 14.2 Å². The van der Waals surface area contributed by atoms with Crippen LogP contribution in [0.3, 0.4) is 0 Å². The van der Waals surface area contributed by atoms with Crippen LogP contribution in [0.5, 0.6) is 17.2 Å². The molecule has 2 aromatic rings. The van der Waals surface area contributed by atoms with Gasteiger partial charge in [-0.05, 0) is 17.8 Å². The van der Waals surface area contributed by atoms with Crippen LogP contribution in [0.15, 0.2) is 36.4 Å². The summed E-state index contributed by atoms with van der Waals surface area (Å²) in [6, 6.07) is 11.1. The number of phenols is 1. The molecule has 0 spiro atoms. The molecule has 2 unspecified atom stereocenters. The van der Waals surface area contributed by atoms with Gasteiger partial charge in [0.05, 0.1) is 14.2 Å². The van der Waals surface area contributed by atoms with Gasteiger partial charge in [0.15, 0.2) is 17.8 Å². The molecule has 0 saturated heterocycles. The third-order valence-corrected chi connectivity index (χ3v) is 6.20. The number of rotatable bonds is 7. The summed E-state index contributed by atoms with van der Waals surface area (Å²) < 4.78 is 10.6. The molecule has 0 aliphatic heterocycles. The number of hydrogen-bond donors (Lipinski definition) is 1. The van der Waals surface area contributed by atoms with Gasteiger partial charge < -0.3 is 14.6 Å². The summed E-state index contributed by atoms with van der Waals surface area (Å²) in [6.45, 7) is 4.16. The maximum Gasteiger partial charge on any atom is 0.164 e. The van der Waals surface area contributed by atoms with Gasteiger partial charge in [-0.2, -0.15) is 0 Å². The van der Waals surface area contributed by atoms with E-state index in [1.54, 1.807) is 13.2 Å². The SMILES string of the molecule is CCC(C)(Pc1ccccc1C=O)c1cc(OC)cc(OC)c1O. The smallest absolute Gasteiger partial charge is 0.164 e. The second-order valence-corrected chi connectivity index (χ2v) is 7.63. The van der Waals surface area contributed by atoms with E-state index in [4.69, 9.17) is 9.47 Å². The minimum absolute atomic E-state index is 0.124. The van der Waals surface area contributed by atoms with Crippen molar-refractivity contribution in [3.8, 4) is 17.2 Å². The van der Waals surface area contributed by atoms with Gasteiger partial charge in [-0.25, -0.2) is 0 Å². The molecule has 4 nitrogen and oxygen atoms in total. The first-order valence-electron chi connectivity index (χ1n) is 7.77. The van der Waals surface area contributed by atoms with Crippen LogP contribution in [-0.4, -0.2) is 25.6 Å². The standard InChI is InChI=1S/C19H23O4P/c1-5-19(2,24-17-9-7-6-8-13(17)12-20)15-10-14(22-3)11-16(23-4)18(15)21/h6-12,21,24H,5H2,1-4H3. The first-order valence-corrected chi connectivity index (χ1v) is 8.77. The summed E-state index contributed by atoms with van der Waals surface area (Å²) in [5.41, 5.74) is 1.45. The third-order valence-electron chi connectivity index (χ3n) is 4.30. The van der Waals surface area contributed by atoms with Crippen molar-refractivity contribution in [1.82, 2.24) is 0 Å². The fourth-order valence-electron chi connectivity index (χ4n) is 2.63. The van der Waals surface area contributed by atoms with Crippen LogP contribution in [0.25, 0.3) is 0 Å². The van der Waals surface area contributed by atoms with E-state index in [-0.39, 0.29) is 10.9 Å². The molecule has 0 aliphatic rings. The molecule has 0 aliphatic carbocycles. The molecule has 0 radical (unpaired) electrons. The van der Waals surface area contributed by atoms with Crippen LogP contribution in [0.2, 0.25) is 0 Å². The molecule has 0 amide bonds. The first kappa shape index (κ1) is 18.3. The Morgan fingerprint density at radius 3 is 2.50 bits per heavy atom. The van der Waals surface area contributed by atoms with Crippen molar-refractivity contribution >= 4 is 20.2 Å². The topological polar surface area (TPSA) is 55.8 Å². The Hall–Kier alpha value is -2.06. The van der Waals surface area contributed by atoms with Crippen LogP contribution in [0.1, 0.15) is 36.2 Å². The van der Waals surface area contributed by atoms with Crippen molar-refractivity contribution < 1.29 is 19.4 Å². The Kier molecular flexibility index (Phi) is 5.84. The van der Waals surface area contributed by atoms with E-state index < -0.39 is 0 Å². The minimum atomic E-state index is -0.342. The van der Waals surface area contributed by atoms with Gasteiger partial charge in [0.25, 0.3) is 0 Å². The molecular weight excluding hydrogens is 323 g/mol. The third kappa shape index (κ3) is 3.54. The van der Waals surface area contributed by atoms with Crippen molar-refractivity contribution in [1.29, 1.82) is 0 Å². The number of carbonyl (C=O) groups excluding carboxylic acids is 1. The fraction of sp³-hybridized carbons (Fsp3) is 0.316. The van der Waals surface area contributed by atoms with Gasteiger partial charge in [-0.3, -0.25) is 4.79 Å². The molecule has 2 rings (SSSR count). The lowest BCUT2D eigenvalue weighted by molar-refractivity contribution is 0.112. The highest BCUT2D eigenvalue weighted by Gasteiger charge is 2.31. The average molecular weight is 346 g/mol. The summed E-state index contributed by atoms with van der Waals surface area (Å²) in [7, 11) is 3.43. The minimum Gasteiger partial charge on any atom is -0.504 e. The van der Waals surface area contributed by atoms with Crippen molar-refractivity contribution in [3.05, 3.63) is 47.5 Å². The van der Waals surface area contributed by atoms with E-state index in [9.17, 15) is 9.90 Å². The Morgan fingerprint density at radius 2 is 1.92 bits per heavy atom. The van der Waals surface area contributed by atoms with Crippen LogP contribution < -0.4 is 14.8 Å². The molecule has 0 aromatic heterocycles. The molecule has 0 bridgehead atoms. The second-order valence-electron chi connectivity index (χ2n) is 5.74. The van der Waals surface area contributed by atoms with E-state index >= 15 is 0 Å². The van der Waals surface area contributed by atoms with Crippen LogP contribution in [-0.2, 0) is 5.16 Å². The van der Waals surface area contributed by atoms with Crippen molar-refractivity contribution in [2.24, 2.45) is 0 Å². The second kappa shape index (κ2) is 7.67. The summed E-state index contributed by atoms with van der Waals surface area (Å²) in [5.74, 6) is 1.14. The molecule has 0 fully saturated rings. The van der Waals surface area contributed by atoms with E-state index in [1.807, 2.05) is 30.3 Å². The monoisotopic (exact) mass is 346 g/mol. The zero-order valence-corrected chi connectivity index (χ0v) is 15.4. The van der Waals surface area contributed by atoms with Gasteiger partial charge in [-0.1, -0.05) is 46.7 Å². The molecule has 0 saturated carbocycles. The lowest BCUT2D eigenvalue weighted by atomic mass is 9.95. The van der Waals surface area contributed by atoms with Gasteiger partial charge in [0.2, 0.25) is 0 Å². The number of ether oxygens (including phenoxy) is 2. The quantitative estimate of drug-likeness (QED) is 0.611. The number of hydrogen-bond acceptors (Lipinski definition) is 4. The number of phenolic OH excluding ortho intramolecular Hbond substituents is 1. The predicted octanol–water partition coefficient (Wildman–Crippen LogP) is 3.85. The molecular formula is C19H23O4P. The van der Waals surface area contributed by atoms with E-state index in [0.717, 1.165) is 23.6 Å². The predicted molar refractivity (Wildman–Crippen MR) is 98.6 cm³/mol. The lowest BCUT2D eigenvalue weighted by Gasteiger charge is -2.31. The number of methoxy groups -OCH3 is 2. The average Bonchev–Trinajstić information content (AvgIpc) is 2.62. The Bertz CT molecular complexity index is 729. The van der Waals surface area contributed by atoms with Gasteiger partial charge in [-0.15, -0.1) is 0 Å². The zero-order valence-electron chi connectivity index (χ0n) is 14.4. The summed E-state index contributed by atoms with van der Waals surface area (Å²) in [6.07, 6.45) is 1.67. The number of benzene rings is 2. The summed E-state index contributed by atoms with van der Waals surface area (Å²) in [5, 5.41) is 11.3. The summed E-state index contributed by atoms with van der Waals surface area (Å²) in [4.78, 5) is 11.3. The molecule has 1 N–H and O–H groups in total. The van der Waals surface area contributed by atoms with Gasteiger partial charge in [0.1, 0.15) is 5.75 Å². The Morgan fingerprint density at radius 1 is 1.21 bits per heavy atom. The maximum absolute atomic E-state index is 11.3. The highest BCUT2D eigenvalue weighted by molar-refractivity contribution is 7.48. The van der Waals surface area contributed by atoms with Crippen LogP contribution >= 0.6 is 8.58 Å². The Balaban J connectivity index is 2.55. The van der Waals surface area contributed by atoms with Crippen LogP contribution in [0.4, 0.5) is 0 Å². The normalized spacial score (nSPS) is 13.7. The largest absolute Gasteiger partial charge is 0.504 e. The first-order chi connectivity index (χ1) is 11.5. The Labute approximate surface area is 144 Å². The van der Waals surface area contributed by atoms with Crippen LogP contribution in [0, 0.1) is 0 Å². The lowest BCUT2D eigenvalue weighted by Crippen LogP contribution is -2.20. The molecule has 0 heterocycles.